The van der Waals surface area contributed by atoms with Gasteiger partial charge in [0.1, 0.15) is 5.76 Å². The van der Waals surface area contributed by atoms with Crippen LogP contribution in [0.25, 0.3) is 16.8 Å². The first kappa shape index (κ1) is 22.5. The third kappa shape index (κ3) is 4.04. The quantitative estimate of drug-likeness (QED) is 0.338. The van der Waals surface area contributed by atoms with Crippen LogP contribution < -0.4 is 0 Å². The smallest absolute Gasteiger partial charge is 0.253 e. The zero-order valence-corrected chi connectivity index (χ0v) is 20.3. The molecule has 7 heteroatoms. The molecule has 2 unspecified atom stereocenters. The van der Waals surface area contributed by atoms with E-state index in [0.717, 1.165) is 72.5 Å². The SMILES string of the molecule is Cc1oncc1C1CC1c1c(C=O)cnn1-c1cccc(-c2cccc(C(=O)N3CCCCC3)c2)c1. The number of rotatable bonds is 6. The normalized spacial score (nSPS) is 19.3. The van der Waals surface area contributed by atoms with Gasteiger partial charge in [0.2, 0.25) is 0 Å². The Morgan fingerprint density at radius 3 is 2.53 bits per heavy atom. The summed E-state index contributed by atoms with van der Waals surface area (Å²) in [5, 5.41) is 8.51. The largest absolute Gasteiger partial charge is 0.361 e. The maximum absolute atomic E-state index is 13.1. The second-order valence-corrected chi connectivity index (χ2v) is 9.78. The molecule has 1 saturated carbocycles. The van der Waals surface area contributed by atoms with E-state index in [0.29, 0.717) is 11.1 Å². The highest BCUT2D eigenvalue weighted by atomic mass is 16.5. The molecule has 2 atom stereocenters. The van der Waals surface area contributed by atoms with Crippen LogP contribution in [0.1, 0.15) is 75.3 Å². The van der Waals surface area contributed by atoms with E-state index >= 15 is 0 Å². The number of aryl methyl sites for hydroxylation is 1. The summed E-state index contributed by atoms with van der Waals surface area (Å²) in [5.74, 6) is 1.37. The average Bonchev–Trinajstić information content (AvgIpc) is 3.38. The first-order chi connectivity index (χ1) is 17.6. The van der Waals surface area contributed by atoms with Crippen LogP contribution in [0.5, 0.6) is 0 Å². The summed E-state index contributed by atoms with van der Waals surface area (Å²) < 4.78 is 7.14. The maximum atomic E-state index is 13.1. The van der Waals surface area contributed by atoms with E-state index in [9.17, 15) is 9.59 Å². The van der Waals surface area contributed by atoms with Crippen LogP contribution in [-0.2, 0) is 0 Å². The highest BCUT2D eigenvalue weighted by molar-refractivity contribution is 5.95. The van der Waals surface area contributed by atoms with Gasteiger partial charge in [0.15, 0.2) is 6.29 Å². The molecule has 182 valence electrons. The van der Waals surface area contributed by atoms with Crippen molar-refractivity contribution in [2.24, 2.45) is 0 Å². The van der Waals surface area contributed by atoms with Crippen molar-refractivity contribution in [1.29, 1.82) is 0 Å². The van der Waals surface area contributed by atoms with Crippen molar-refractivity contribution in [2.45, 2.75) is 44.4 Å². The third-order valence-corrected chi connectivity index (χ3v) is 7.47. The highest BCUT2D eigenvalue weighted by Crippen LogP contribution is 2.56. The lowest BCUT2D eigenvalue weighted by Gasteiger charge is -2.26. The van der Waals surface area contributed by atoms with Gasteiger partial charge in [-0.25, -0.2) is 4.68 Å². The second-order valence-electron chi connectivity index (χ2n) is 9.78. The van der Waals surface area contributed by atoms with Crippen molar-refractivity contribution in [3.8, 4) is 16.8 Å². The van der Waals surface area contributed by atoms with Crippen molar-refractivity contribution in [1.82, 2.24) is 19.8 Å². The monoisotopic (exact) mass is 480 g/mol. The number of piperidine rings is 1. The number of hydrogen-bond acceptors (Lipinski definition) is 5. The number of benzene rings is 2. The maximum Gasteiger partial charge on any atom is 0.253 e. The fourth-order valence-corrected chi connectivity index (χ4v) is 5.47. The second kappa shape index (κ2) is 9.22. The zero-order valence-electron chi connectivity index (χ0n) is 20.3. The summed E-state index contributed by atoms with van der Waals surface area (Å²) in [6.07, 6.45) is 8.56. The summed E-state index contributed by atoms with van der Waals surface area (Å²) in [5.41, 5.74) is 6.20. The Balaban J connectivity index is 1.31. The van der Waals surface area contributed by atoms with Gasteiger partial charge in [0.05, 0.1) is 29.3 Å². The van der Waals surface area contributed by atoms with Crippen LogP contribution in [-0.4, -0.2) is 45.1 Å². The first-order valence-corrected chi connectivity index (χ1v) is 12.6. The van der Waals surface area contributed by atoms with Gasteiger partial charge in [-0.1, -0.05) is 29.4 Å². The molecule has 2 aromatic heterocycles. The molecule has 0 spiro atoms. The van der Waals surface area contributed by atoms with E-state index < -0.39 is 0 Å². The molecule has 2 aromatic carbocycles. The first-order valence-electron chi connectivity index (χ1n) is 12.6. The Morgan fingerprint density at radius 2 is 1.78 bits per heavy atom. The fourth-order valence-electron chi connectivity index (χ4n) is 5.47. The highest BCUT2D eigenvalue weighted by Gasteiger charge is 2.45. The van der Waals surface area contributed by atoms with E-state index in [2.05, 4.69) is 16.3 Å². The lowest BCUT2D eigenvalue weighted by molar-refractivity contribution is 0.0724. The average molecular weight is 481 g/mol. The molecular weight excluding hydrogens is 452 g/mol. The lowest BCUT2D eigenvalue weighted by atomic mass is 10.0. The number of likely N-dealkylation sites (tertiary alicyclic amines) is 1. The van der Waals surface area contributed by atoms with Crippen LogP contribution in [0.4, 0.5) is 0 Å². The molecule has 4 aromatic rings. The predicted molar refractivity (Wildman–Crippen MR) is 135 cm³/mol. The summed E-state index contributed by atoms with van der Waals surface area (Å²) >= 11 is 0. The topological polar surface area (TPSA) is 81.2 Å². The minimum Gasteiger partial charge on any atom is -0.361 e. The minimum absolute atomic E-state index is 0.0986. The van der Waals surface area contributed by atoms with E-state index in [1.165, 1.54) is 6.42 Å². The van der Waals surface area contributed by atoms with Crippen LogP contribution >= 0.6 is 0 Å². The third-order valence-electron chi connectivity index (χ3n) is 7.47. The molecule has 2 fully saturated rings. The Bertz CT molecular complexity index is 1430. The fraction of sp³-hybridized carbons (Fsp3) is 0.310. The number of hydrogen-bond donors (Lipinski definition) is 0. The van der Waals surface area contributed by atoms with Crippen LogP contribution in [0.15, 0.2) is 65.4 Å². The molecule has 3 heterocycles. The van der Waals surface area contributed by atoms with Gasteiger partial charge in [-0.15, -0.1) is 0 Å². The Labute approximate surface area is 209 Å². The number of carbonyl (C=O) groups excluding carboxylic acids is 2. The number of aromatic nitrogens is 3. The molecule has 1 amide bonds. The summed E-state index contributed by atoms with van der Waals surface area (Å²) in [4.78, 5) is 26.9. The molecule has 1 saturated heterocycles. The van der Waals surface area contributed by atoms with Gasteiger partial charge in [-0.3, -0.25) is 9.59 Å². The molecular formula is C29H28N4O3. The van der Waals surface area contributed by atoms with Crippen molar-refractivity contribution in [2.75, 3.05) is 13.1 Å². The van der Waals surface area contributed by atoms with Crippen LogP contribution in [0.2, 0.25) is 0 Å². The molecule has 0 bridgehead atoms. The molecule has 0 N–H and O–H groups in total. The minimum atomic E-state index is 0.0986. The van der Waals surface area contributed by atoms with Crippen LogP contribution in [0, 0.1) is 6.92 Å². The van der Waals surface area contributed by atoms with Gasteiger partial charge < -0.3 is 9.42 Å². The van der Waals surface area contributed by atoms with Gasteiger partial charge in [-0.2, -0.15) is 5.10 Å². The van der Waals surface area contributed by atoms with Crippen molar-refractivity contribution in [3.63, 3.8) is 0 Å². The summed E-state index contributed by atoms with van der Waals surface area (Å²) in [7, 11) is 0. The molecule has 2 aliphatic rings. The van der Waals surface area contributed by atoms with Gasteiger partial charge in [-0.05, 0) is 73.9 Å². The number of aldehydes is 1. The van der Waals surface area contributed by atoms with E-state index in [1.54, 1.807) is 12.4 Å². The molecule has 6 rings (SSSR count). The summed E-state index contributed by atoms with van der Waals surface area (Å²) in [6, 6.07) is 15.9. The molecule has 7 nitrogen and oxygen atoms in total. The molecule has 36 heavy (non-hydrogen) atoms. The van der Waals surface area contributed by atoms with E-state index in [4.69, 9.17) is 4.52 Å². The lowest BCUT2D eigenvalue weighted by Crippen LogP contribution is -2.35. The Kier molecular flexibility index (Phi) is 5.76. The van der Waals surface area contributed by atoms with Crippen molar-refractivity contribution in [3.05, 3.63) is 89.1 Å². The molecule has 0 radical (unpaired) electrons. The number of nitrogens with zero attached hydrogens (tertiary/aromatic N) is 4. The van der Waals surface area contributed by atoms with Gasteiger partial charge >= 0.3 is 0 Å². The van der Waals surface area contributed by atoms with Gasteiger partial charge in [0, 0.05) is 30.1 Å². The molecule has 1 aliphatic carbocycles. The predicted octanol–water partition coefficient (Wildman–Crippen LogP) is 5.55. The molecule has 1 aliphatic heterocycles. The van der Waals surface area contributed by atoms with E-state index in [1.807, 2.05) is 59.0 Å². The number of amides is 1. The van der Waals surface area contributed by atoms with Crippen LogP contribution in [0.3, 0.4) is 0 Å². The van der Waals surface area contributed by atoms with Gasteiger partial charge in [0.25, 0.3) is 5.91 Å². The van der Waals surface area contributed by atoms with Crippen molar-refractivity contribution < 1.29 is 14.1 Å². The van der Waals surface area contributed by atoms with E-state index in [-0.39, 0.29) is 17.7 Å². The Hall–Kier alpha value is -4.00. The summed E-state index contributed by atoms with van der Waals surface area (Å²) in [6.45, 7) is 3.58. The zero-order chi connectivity index (χ0) is 24.6. The van der Waals surface area contributed by atoms with Crippen molar-refractivity contribution >= 4 is 12.2 Å². The number of carbonyl (C=O) groups is 2. The standard InChI is InChI=1S/C29H28N4O3/c1-19-27(17-31-36-19)25-15-26(25)28-23(18-34)16-30-33(28)24-10-6-8-21(14-24)20-7-5-9-22(13-20)29(35)32-11-3-2-4-12-32/h5-10,13-14,16-18,25-26H,2-4,11-12,15H2,1H3. The Morgan fingerprint density at radius 1 is 1.00 bits per heavy atom.